The molecule has 0 rings (SSSR count). The second kappa shape index (κ2) is 85.6. The van der Waals surface area contributed by atoms with Crippen LogP contribution in [0.2, 0.25) is 0 Å². The first-order valence-electron chi connectivity index (χ1n) is 33.3. The fourth-order valence-corrected chi connectivity index (χ4v) is 10.4. The molecule has 0 atom stereocenters. The molecule has 0 spiro atoms. The van der Waals surface area contributed by atoms with Gasteiger partial charge < -0.3 is 18.2 Å². The van der Waals surface area contributed by atoms with Crippen molar-refractivity contribution in [1.82, 2.24) is 0 Å². The molecular weight excluding hydrogens is 1290 g/mol. The number of unbranched alkanes of at least 4 members (excludes halogenated alkanes) is 45. The van der Waals surface area contributed by atoms with Crippen molar-refractivity contribution in [2.45, 2.75) is 356 Å². The van der Waals surface area contributed by atoms with Gasteiger partial charge in [-0.2, -0.15) is 8.42 Å². The first-order chi connectivity index (χ1) is 40.3. The Morgan fingerprint density at radius 3 is 0.404 bits per heavy atom. The zero-order valence-corrected chi connectivity index (χ0v) is 70.2. The molecule has 0 aromatic heterocycles. The molecule has 0 heterocycles. The summed E-state index contributed by atoms with van der Waals surface area (Å²) in [5, 5.41) is 0. The molecule has 0 radical (unpaired) electrons. The summed E-state index contributed by atoms with van der Waals surface area (Å²) in [5.41, 5.74) is 0. The number of rotatable bonds is 60. The molecule has 0 saturated carbocycles. The first kappa shape index (κ1) is 111. The van der Waals surface area contributed by atoms with Crippen molar-refractivity contribution in [3.05, 3.63) is 0 Å². The summed E-state index contributed by atoms with van der Waals surface area (Å²) < 4.78 is 171. The van der Waals surface area contributed by atoms with Crippen molar-refractivity contribution in [3.63, 3.8) is 0 Å². The summed E-state index contributed by atoms with van der Waals surface area (Å²) in [6.45, 7) is 11.3. The van der Waals surface area contributed by atoms with Crippen LogP contribution in [0.15, 0.2) is 0 Å². The third-order valence-corrected chi connectivity index (χ3v) is 15.9. The van der Waals surface area contributed by atoms with Crippen molar-refractivity contribution in [2.75, 3.05) is 33.0 Å². The maximum Gasteiger partial charge on any atom is 1.00 e. The molecule has 0 aromatic rings. The zero-order valence-electron chi connectivity index (χ0n) is 58.1. The molecule has 0 aliphatic carbocycles. The smallest absolute Gasteiger partial charge is 0.726 e. The van der Waals surface area contributed by atoms with E-state index in [-0.39, 0.29) is 151 Å². The summed E-state index contributed by atoms with van der Waals surface area (Å²) in [6.07, 6.45) is 58.6. The quantitative estimate of drug-likeness (QED) is 0.0350. The van der Waals surface area contributed by atoms with Crippen molar-refractivity contribution in [3.8, 4) is 0 Å². The van der Waals surface area contributed by atoms with Crippen molar-refractivity contribution in [2.24, 2.45) is 0 Å². The van der Waals surface area contributed by atoms with E-state index in [4.69, 9.17) is 4.55 Å². The predicted molar refractivity (Wildman–Crippen MR) is 339 cm³/mol. The third kappa shape index (κ3) is 136. The molecule has 0 aromatic carbocycles. The van der Waals surface area contributed by atoms with E-state index in [1.54, 1.807) is 0 Å². The minimum Gasteiger partial charge on any atom is -0.726 e. The fourth-order valence-electron chi connectivity index (χ4n) is 8.76. The molecule has 0 bridgehead atoms. The molecule has 89 heavy (non-hydrogen) atoms. The second-order valence-electron chi connectivity index (χ2n) is 22.1. The fraction of sp³-hybridized carbons (Fsp3) is 1.00. The average molecular weight is 1420 g/mol. The largest absolute Gasteiger partial charge is 1.00 e. The van der Waals surface area contributed by atoms with Gasteiger partial charge >= 0.3 is 129 Å². The van der Waals surface area contributed by atoms with Crippen LogP contribution in [0.25, 0.3) is 0 Å². The minimum absolute atomic E-state index is 0. The van der Waals surface area contributed by atoms with E-state index in [9.17, 15) is 60.3 Å². The van der Waals surface area contributed by atoms with Crippen LogP contribution in [0.4, 0.5) is 0 Å². The van der Waals surface area contributed by atoms with Gasteiger partial charge in [-0.05, 0) is 32.1 Å². The van der Waals surface area contributed by atoms with Gasteiger partial charge in [0.15, 0.2) is 0 Å². The van der Waals surface area contributed by atoms with Gasteiger partial charge in [-0.1, -0.05) is 324 Å². The maximum atomic E-state index is 10.2. The molecule has 0 unspecified atom stereocenters. The summed E-state index contributed by atoms with van der Waals surface area (Å²) in [7, 11) is -22.2. The molecule has 0 aliphatic heterocycles. The van der Waals surface area contributed by atoms with E-state index in [1.165, 1.54) is 225 Å². The van der Waals surface area contributed by atoms with Crippen LogP contribution in [-0.2, 0) is 72.9 Å². The standard InChI is InChI=1S/5C12H26O4S.4Na/c5*1-2-3-4-5-6-7-8-9-10-11-12-16-17(13,14)15;;;;/h5*2-12H2,1H3,(H,13,14,15);;;;/q;;;;;4*+1/p-4. The van der Waals surface area contributed by atoms with Crippen LogP contribution >= 0.6 is 0 Å². The third-order valence-electron chi connectivity index (χ3n) is 13.6. The molecule has 20 nitrogen and oxygen atoms in total. The summed E-state index contributed by atoms with van der Waals surface area (Å²) >= 11 is 0. The minimum atomic E-state index is -4.48. The van der Waals surface area contributed by atoms with Gasteiger partial charge in [0.1, 0.15) is 0 Å². The molecule has 1 N–H and O–H groups in total. The summed E-state index contributed by atoms with van der Waals surface area (Å²) in [5.74, 6) is 0. The topological polar surface area (TPSA) is 329 Å². The van der Waals surface area contributed by atoms with Gasteiger partial charge in [0.2, 0.25) is 41.6 Å². The Labute approximate surface area is 637 Å². The molecular formula is C60H126Na4O20S5. The number of hydrogen-bond acceptors (Lipinski definition) is 19. The molecule has 0 aliphatic rings. The van der Waals surface area contributed by atoms with Crippen LogP contribution in [0.1, 0.15) is 356 Å². The maximum absolute atomic E-state index is 10.2. The predicted octanol–water partition coefficient (Wildman–Crippen LogP) is 5.28. The Morgan fingerprint density at radius 1 is 0.202 bits per heavy atom. The van der Waals surface area contributed by atoms with Crippen LogP contribution in [0, 0.1) is 0 Å². The van der Waals surface area contributed by atoms with E-state index in [0.717, 1.165) is 64.2 Å². The Balaban J connectivity index is -0.000000127. The van der Waals surface area contributed by atoms with Gasteiger partial charge in [-0.15, -0.1) is 0 Å². The second-order valence-corrected chi connectivity index (χ2v) is 27.4. The molecule has 0 amide bonds. The Morgan fingerprint density at radius 2 is 0.303 bits per heavy atom. The Hall–Kier alpha value is 3.35. The Bertz CT molecular complexity index is 1580. The van der Waals surface area contributed by atoms with E-state index in [2.05, 4.69) is 55.5 Å². The summed E-state index contributed by atoms with van der Waals surface area (Å²) in [4.78, 5) is 0. The average Bonchev–Trinajstić information content (AvgIpc) is 3.41. The van der Waals surface area contributed by atoms with Crippen molar-refractivity contribution in [1.29, 1.82) is 0 Å². The Kier molecular flexibility index (Phi) is 107. The SMILES string of the molecule is CCCCCCCCCCCCOS(=O)(=O)O.CCCCCCCCCCCCOS(=O)(=O)[O-].CCCCCCCCCCCCOS(=O)(=O)[O-].CCCCCCCCCCCCOS(=O)(=O)[O-].CCCCCCCCCCCCOS(=O)(=O)[O-].[Na+].[Na+].[Na+].[Na+]. The monoisotopic (exact) mass is 1420 g/mol. The van der Waals surface area contributed by atoms with Crippen LogP contribution in [-0.4, -0.2) is 97.9 Å². The first-order valence-corrected chi connectivity index (χ1v) is 40.0. The van der Waals surface area contributed by atoms with Gasteiger partial charge in [-0.3, -0.25) is 21.3 Å². The molecule has 29 heteroatoms. The molecule has 0 fully saturated rings. The van der Waals surface area contributed by atoms with Crippen LogP contribution in [0.3, 0.4) is 0 Å². The molecule has 520 valence electrons. The van der Waals surface area contributed by atoms with E-state index < -0.39 is 52.0 Å². The van der Waals surface area contributed by atoms with E-state index in [0.29, 0.717) is 32.1 Å². The van der Waals surface area contributed by atoms with Crippen LogP contribution < -0.4 is 118 Å². The van der Waals surface area contributed by atoms with Gasteiger partial charge in [0, 0.05) is 0 Å². The van der Waals surface area contributed by atoms with Gasteiger partial charge in [0.25, 0.3) is 0 Å². The van der Waals surface area contributed by atoms with Crippen LogP contribution in [0.5, 0.6) is 0 Å². The van der Waals surface area contributed by atoms with Crippen molar-refractivity contribution < 1.29 is 204 Å². The van der Waals surface area contributed by atoms with Gasteiger partial charge in [0.05, 0.1) is 33.0 Å². The molecule has 0 saturated heterocycles. The normalized spacial score (nSPS) is 11.3. The van der Waals surface area contributed by atoms with E-state index >= 15 is 0 Å². The zero-order chi connectivity index (χ0) is 64.9. The van der Waals surface area contributed by atoms with Crippen molar-refractivity contribution >= 4 is 52.0 Å². The summed E-state index contributed by atoms with van der Waals surface area (Å²) in [6, 6.07) is 0. The van der Waals surface area contributed by atoms with E-state index in [1.807, 2.05) is 0 Å². The number of hydrogen-bond donors (Lipinski definition) is 1. The van der Waals surface area contributed by atoms with Gasteiger partial charge in [-0.25, -0.2) is 37.9 Å².